The molecule has 0 aromatic heterocycles. The van der Waals surface area contributed by atoms with Gasteiger partial charge < -0.3 is 0 Å². The Kier molecular flexibility index (Phi) is 4.28. The molecule has 130 valence electrons. The monoisotopic (exact) mass is 338 g/mol. The van der Waals surface area contributed by atoms with Crippen LogP contribution in [0.2, 0.25) is 0 Å². The normalized spacial score (nSPS) is 11.4. The summed E-state index contributed by atoms with van der Waals surface area (Å²) in [6.45, 7) is 9.09. The van der Waals surface area contributed by atoms with Crippen molar-refractivity contribution in [3.63, 3.8) is 0 Å². The predicted molar refractivity (Wildman–Crippen MR) is 115 cm³/mol. The SMILES string of the molecule is CCc1c(C)cc2ccccc2c1-c1c(CC)c(C)cc2ccccc12. The molecule has 0 atom stereocenters. The molecule has 0 aliphatic heterocycles. The predicted octanol–water partition coefficient (Wildman–Crippen LogP) is 7.40. The maximum Gasteiger partial charge on any atom is -0.00617 e. The van der Waals surface area contributed by atoms with Gasteiger partial charge in [0, 0.05) is 0 Å². The van der Waals surface area contributed by atoms with Crippen molar-refractivity contribution in [3.05, 3.63) is 82.9 Å². The number of hydrogen-bond acceptors (Lipinski definition) is 0. The summed E-state index contributed by atoms with van der Waals surface area (Å²) in [7, 11) is 0. The van der Waals surface area contributed by atoms with Crippen molar-refractivity contribution >= 4 is 21.5 Å². The molecule has 0 aliphatic rings. The molecule has 0 radical (unpaired) electrons. The molecule has 0 heterocycles. The van der Waals surface area contributed by atoms with Crippen LogP contribution in [0.1, 0.15) is 36.1 Å². The van der Waals surface area contributed by atoms with Gasteiger partial charge in [-0.1, -0.05) is 74.5 Å². The number of fused-ring (bicyclic) bond motifs is 2. The summed E-state index contributed by atoms with van der Waals surface area (Å²) in [4.78, 5) is 0. The van der Waals surface area contributed by atoms with E-state index in [2.05, 4.69) is 88.4 Å². The maximum atomic E-state index is 2.35. The summed E-state index contributed by atoms with van der Waals surface area (Å²) in [6, 6.07) is 22.4. The van der Waals surface area contributed by atoms with E-state index in [1.54, 1.807) is 0 Å². The van der Waals surface area contributed by atoms with E-state index in [0.29, 0.717) is 0 Å². The standard InChI is InChI=1S/C26H26/c1-5-21-17(3)15-19-11-7-9-13-23(19)25(21)26-22(6-2)18(4)16-20-12-8-10-14-24(20)26/h7-16H,5-6H2,1-4H3. The van der Waals surface area contributed by atoms with Crippen molar-refractivity contribution in [2.24, 2.45) is 0 Å². The van der Waals surface area contributed by atoms with Crippen LogP contribution in [0, 0.1) is 13.8 Å². The van der Waals surface area contributed by atoms with Gasteiger partial charge in [0.15, 0.2) is 0 Å². The molecule has 0 unspecified atom stereocenters. The van der Waals surface area contributed by atoms with Crippen molar-refractivity contribution in [1.82, 2.24) is 0 Å². The summed E-state index contributed by atoms with van der Waals surface area (Å²) < 4.78 is 0. The van der Waals surface area contributed by atoms with Crippen molar-refractivity contribution in [2.75, 3.05) is 0 Å². The minimum absolute atomic E-state index is 1.05. The molecular formula is C26H26. The first-order valence-electron chi connectivity index (χ1n) is 9.68. The second-order valence-electron chi connectivity index (χ2n) is 7.24. The lowest BCUT2D eigenvalue weighted by Crippen LogP contribution is -2.00. The Morgan fingerprint density at radius 3 is 1.35 bits per heavy atom. The lowest BCUT2D eigenvalue weighted by atomic mass is 9.82. The topological polar surface area (TPSA) is 0 Å². The zero-order chi connectivity index (χ0) is 18.3. The molecule has 0 heteroatoms. The van der Waals surface area contributed by atoms with Gasteiger partial charge in [0.25, 0.3) is 0 Å². The number of benzene rings is 4. The average molecular weight is 338 g/mol. The van der Waals surface area contributed by atoms with Gasteiger partial charge in [-0.05, 0) is 81.6 Å². The van der Waals surface area contributed by atoms with Crippen LogP contribution >= 0.6 is 0 Å². The molecule has 0 fully saturated rings. The third-order valence-corrected chi connectivity index (χ3v) is 5.72. The van der Waals surface area contributed by atoms with Crippen LogP contribution in [0.15, 0.2) is 60.7 Å². The molecule has 0 N–H and O–H groups in total. The summed E-state index contributed by atoms with van der Waals surface area (Å²) in [5.74, 6) is 0. The fourth-order valence-corrected chi connectivity index (χ4v) is 4.54. The molecule has 0 bridgehead atoms. The fourth-order valence-electron chi connectivity index (χ4n) is 4.54. The van der Waals surface area contributed by atoms with Crippen molar-refractivity contribution in [3.8, 4) is 11.1 Å². The lowest BCUT2D eigenvalue weighted by molar-refractivity contribution is 1.10. The molecule has 4 aromatic carbocycles. The number of aryl methyl sites for hydroxylation is 2. The molecular weight excluding hydrogens is 312 g/mol. The first kappa shape index (κ1) is 16.8. The Labute approximate surface area is 156 Å². The summed E-state index contributed by atoms with van der Waals surface area (Å²) in [5, 5.41) is 5.43. The molecule has 0 nitrogen and oxygen atoms in total. The quantitative estimate of drug-likeness (QED) is 0.365. The summed E-state index contributed by atoms with van der Waals surface area (Å²) in [6.07, 6.45) is 2.11. The van der Waals surface area contributed by atoms with Gasteiger partial charge >= 0.3 is 0 Å². The van der Waals surface area contributed by atoms with Crippen LogP contribution in [-0.2, 0) is 12.8 Å². The van der Waals surface area contributed by atoms with Crippen LogP contribution in [0.5, 0.6) is 0 Å². The zero-order valence-electron chi connectivity index (χ0n) is 16.2. The van der Waals surface area contributed by atoms with E-state index in [9.17, 15) is 0 Å². The van der Waals surface area contributed by atoms with Gasteiger partial charge in [-0.3, -0.25) is 0 Å². The van der Waals surface area contributed by atoms with Crippen LogP contribution in [0.4, 0.5) is 0 Å². The molecule has 0 saturated carbocycles. The van der Waals surface area contributed by atoms with E-state index in [1.165, 1.54) is 54.9 Å². The van der Waals surface area contributed by atoms with Gasteiger partial charge in [-0.15, -0.1) is 0 Å². The highest BCUT2D eigenvalue weighted by atomic mass is 14.2. The van der Waals surface area contributed by atoms with E-state index in [4.69, 9.17) is 0 Å². The maximum absolute atomic E-state index is 2.35. The van der Waals surface area contributed by atoms with Crippen LogP contribution in [0.3, 0.4) is 0 Å². The highest BCUT2D eigenvalue weighted by Gasteiger charge is 2.18. The van der Waals surface area contributed by atoms with E-state index in [1.807, 2.05) is 0 Å². The largest absolute Gasteiger partial charge is 0.0616 e. The highest BCUT2D eigenvalue weighted by molar-refractivity contribution is 6.08. The molecule has 0 amide bonds. The average Bonchev–Trinajstić information content (AvgIpc) is 2.66. The molecule has 0 spiro atoms. The lowest BCUT2D eigenvalue weighted by Gasteiger charge is -2.21. The van der Waals surface area contributed by atoms with Gasteiger partial charge in [0.1, 0.15) is 0 Å². The first-order chi connectivity index (χ1) is 12.7. The Hall–Kier alpha value is -2.60. The minimum atomic E-state index is 1.05. The minimum Gasteiger partial charge on any atom is -0.0616 e. The highest BCUT2D eigenvalue weighted by Crippen LogP contribution is 2.41. The van der Waals surface area contributed by atoms with Crippen LogP contribution < -0.4 is 0 Å². The van der Waals surface area contributed by atoms with Crippen molar-refractivity contribution in [1.29, 1.82) is 0 Å². The second-order valence-corrected chi connectivity index (χ2v) is 7.24. The first-order valence-corrected chi connectivity index (χ1v) is 9.68. The smallest absolute Gasteiger partial charge is 0.00617 e. The van der Waals surface area contributed by atoms with Crippen molar-refractivity contribution < 1.29 is 0 Å². The van der Waals surface area contributed by atoms with Crippen LogP contribution in [-0.4, -0.2) is 0 Å². The number of rotatable bonds is 3. The number of hydrogen-bond donors (Lipinski definition) is 0. The second kappa shape index (κ2) is 6.61. The molecule has 4 aromatic rings. The molecule has 4 rings (SSSR count). The van der Waals surface area contributed by atoms with Gasteiger partial charge in [0.05, 0.1) is 0 Å². The van der Waals surface area contributed by atoms with E-state index >= 15 is 0 Å². The molecule has 26 heavy (non-hydrogen) atoms. The van der Waals surface area contributed by atoms with Gasteiger partial charge in [-0.2, -0.15) is 0 Å². The van der Waals surface area contributed by atoms with E-state index in [-0.39, 0.29) is 0 Å². The Morgan fingerprint density at radius 1 is 0.577 bits per heavy atom. The Balaban J connectivity index is 2.27. The van der Waals surface area contributed by atoms with Crippen molar-refractivity contribution in [2.45, 2.75) is 40.5 Å². The fraction of sp³-hybridized carbons (Fsp3) is 0.231. The third kappa shape index (κ3) is 2.52. The third-order valence-electron chi connectivity index (χ3n) is 5.72. The summed E-state index contributed by atoms with van der Waals surface area (Å²) in [5.41, 5.74) is 8.64. The summed E-state index contributed by atoms with van der Waals surface area (Å²) >= 11 is 0. The van der Waals surface area contributed by atoms with Gasteiger partial charge in [-0.25, -0.2) is 0 Å². The van der Waals surface area contributed by atoms with E-state index in [0.717, 1.165) is 12.8 Å². The van der Waals surface area contributed by atoms with Crippen LogP contribution in [0.25, 0.3) is 32.7 Å². The molecule has 0 aliphatic carbocycles. The Bertz CT molecular complexity index is 1020. The molecule has 0 saturated heterocycles. The van der Waals surface area contributed by atoms with Gasteiger partial charge in [0.2, 0.25) is 0 Å². The zero-order valence-corrected chi connectivity index (χ0v) is 16.2. The Morgan fingerprint density at radius 2 is 0.962 bits per heavy atom. The van der Waals surface area contributed by atoms with E-state index < -0.39 is 0 Å².